The van der Waals surface area contributed by atoms with Crippen molar-refractivity contribution in [2.45, 2.75) is 0 Å². The first-order valence-electron chi connectivity index (χ1n) is 17.3. The maximum atomic E-state index is 6.64. The summed E-state index contributed by atoms with van der Waals surface area (Å²) in [4.78, 5) is 10.7. The summed E-state index contributed by atoms with van der Waals surface area (Å²) in [6.07, 6.45) is 0. The number of furan rings is 1. The molecule has 0 N–H and O–H groups in total. The van der Waals surface area contributed by atoms with Gasteiger partial charge in [0.1, 0.15) is 11.2 Å². The molecule has 0 aliphatic carbocycles. The Labute approximate surface area is 293 Å². The number of nitrogens with zero attached hydrogens (tertiary/aromatic N) is 2. The Morgan fingerprint density at radius 2 is 0.902 bits per heavy atom. The predicted molar refractivity (Wildman–Crippen MR) is 213 cm³/mol. The van der Waals surface area contributed by atoms with Gasteiger partial charge in [-0.3, -0.25) is 0 Å². The Morgan fingerprint density at radius 3 is 1.69 bits per heavy atom. The number of fused-ring (bicyclic) bond motifs is 12. The van der Waals surface area contributed by atoms with E-state index < -0.39 is 0 Å². The zero-order chi connectivity index (χ0) is 33.5. The molecule has 3 aromatic heterocycles. The van der Waals surface area contributed by atoms with E-state index in [1.165, 1.54) is 16.2 Å². The van der Waals surface area contributed by atoms with E-state index in [1.807, 2.05) is 12.1 Å². The average Bonchev–Trinajstić information content (AvgIpc) is 3.59. The van der Waals surface area contributed by atoms with Gasteiger partial charge in [-0.15, -0.1) is 0 Å². The van der Waals surface area contributed by atoms with Crippen molar-refractivity contribution in [1.29, 1.82) is 0 Å². The molecule has 0 unspecified atom stereocenters. The molecular formula is C48H28N2O. The summed E-state index contributed by atoms with van der Waals surface area (Å²) in [6, 6.07) is 60.0. The van der Waals surface area contributed by atoms with Crippen LogP contribution >= 0.6 is 0 Å². The van der Waals surface area contributed by atoms with E-state index in [0.29, 0.717) is 0 Å². The first-order valence-corrected chi connectivity index (χ1v) is 17.3. The summed E-state index contributed by atoms with van der Waals surface area (Å²) in [7, 11) is 0. The molecule has 0 atom stereocenters. The van der Waals surface area contributed by atoms with Gasteiger partial charge in [-0.25, -0.2) is 9.97 Å². The van der Waals surface area contributed by atoms with E-state index in [0.717, 1.165) is 93.5 Å². The van der Waals surface area contributed by atoms with E-state index in [4.69, 9.17) is 14.4 Å². The number of benzene rings is 8. The van der Waals surface area contributed by atoms with Crippen molar-refractivity contribution in [3.05, 3.63) is 170 Å². The normalized spacial score (nSPS) is 11.9. The lowest BCUT2D eigenvalue weighted by molar-refractivity contribution is 0.673. The van der Waals surface area contributed by atoms with Crippen LogP contribution in [0, 0.1) is 0 Å². The number of rotatable bonds is 3. The van der Waals surface area contributed by atoms with Gasteiger partial charge in [0.05, 0.1) is 22.4 Å². The van der Waals surface area contributed by atoms with Gasteiger partial charge in [-0.1, -0.05) is 140 Å². The first kappa shape index (κ1) is 28.0. The Hall–Kier alpha value is -6.84. The molecule has 0 aliphatic rings. The summed E-state index contributed by atoms with van der Waals surface area (Å²) in [6.45, 7) is 0. The third-order valence-corrected chi connectivity index (χ3v) is 10.4. The van der Waals surface area contributed by atoms with Crippen LogP contribution in [0.25, 0.3) is 110 Å². The molecule has 0 bridgehead atoms. The summed E-state index contributed by atoms with van der Waals surface area (Å²) >= 11 is 0. The molecule has 0 amide bonds. The van der Waals surface area contributed by atoms with Gasteiger partial charge >= 0.3 is 0 Å². The molecule has 0 radical (unpaired) electrons. The molecule has 3 heteroatoms. The monoisotopic (exact) mass is 648 g/mol. The quantitative estimate of drug-likeness (QED) is 0.179. The molecule has 0 saturated heterocycles. The molecule has 51 heavy (non-hydrogen) atoms. The lowest BCUT2D eigenvalue weighted by atomic mass is 9.89. The van der Waals surface area contributed by atoms with E-state index in [9.17, 15) is 0 Å². The van der Waals surface area contributed by atoms with Crippen molar-refractivity contribution in [2.75, 3.05) is 0 Å². The van der Waals surface area contributed by atoms with Gasteiger partial charge in [-0.05, 0) is 52.2 Å². The van der Waals surface area contributed by atoms with Crippen molar-refractivity contribution in [2.24, 2.45) is 0 Å². The van der Waals surface area contributed by atoms with Gasteiger partial charge in [0.15, 0.2) is 0 Å². The number of para-hydroxylation sites is 2. The standard InChI is InChI=1S/C48H28N2O/c1-3-13-29(14-4-1)46-38-26-25-35-33-18-10-12-22-43(33)51-48(35)45(38)37-24-23-31(27-42(37)50-46)39-28-40-44(34-19-8-7-17-32(34)39)36-20-9-11-21-41(36)49-47(40)30-15-5-2-6-16-30/h1-28H. The molecule has 0 fully saturated rings. The molecule has 0 aliphatic heterocycles. The number of hydrogen-bond acceptors (Lipinski definition) is 3. The second-order valence-corrected chi connectivity index (χ2v) is 13.3. The molecule has 236 valence electrons. The fourth-order valence-electron chi connectivity index (χ4n) is 8.12. The van der Waals surface area contributed by atoms with E-state index in [-0.39, 0.29) is 0 Å². The summed E-state index contributed by atoms with van der Waals surface area (Å²) < 4.78 is 6.64. The largest absolute Gasteiger partial charge is 0.455 e. The zero-order valence-corrected chi connectivity index (χ0v) is 27.5. The molecule has 0 spiro atoms. The number of aromatic nitrogens is 2. The summed E-state index contributed by atoms with van der Waals surface area (Å²) in [5.74, 6) is 0. The van der Waals surface area contributed by atoms with Crippen molar-refractivity contribution >= 4 is 76.1 Å². The second-order valence-electron chi connectivity index (χ2n) is 13.3. The molecule has 0 saturated carbocycles. The van der Waals surface area contributed by atoms with Crippen molar-refractivity contribution in [1.82, 2.24) is 9.97 Å². The van der Waals surface area contributed by atoms with E-state index in [2.05, 4.69) is 158 Å². The van der Waals surface area contributed by atoms with Crippen LogP contribution in [0.1, 0.15) is 0 Å². The van der Waals surface area contributed by atoms with E-state index >= 15 is 0 Å². The van der Waals surface area contributed by atoms with Crippen molar-refractivity contribution < 1.29 is 4.42 Å². The topological polar surface area (TPSA) is 38.9 Å². The lowest BCUT2D eigenvalue weighted by Crippen LogP contribution is -1.94. The maximum absolute atomic E-state index is 6.64. The first-order chi connectivity index (χ1) is 25.3. The molecule has 3 nitrogen and oxygen atoms in total. The van der Waals surface area contributed by atoms with Gasteiger partial charge in [0.25, 0.3) is 0 Å². The molecule has 8 aromatic carbocycles. The number of hydrogen-bond donors (Lipinski definition) is 0. The molecule has 11 rings (SSSR count). The van der Waals surface area contributed by atoms with Gasteiger partial charge < -0.3 is 4.42 Å². The zero-order valence-electron chi connectivity index (χ0n) is 27.5. The third kappa shape index (κ3) is 4.19. The predicted octanol–water partition coefficient (Wildman–Crippen LogP) is 13.1. The molecule has 3 heterocycles. The fourth-order valence-corrected chi connectivity index (χ4v) is 8.12. The van der Waals surface area contributed by atoms with Crippen LogP contribution in [0.5, 0.6) is 0 Å². The van der Waals surface area contributed by atoms with Crippen LogP contribution in [0.15, 0.2) is 174 Å². The SMILES string of the molecule is c1ccc(-c2nc3ccccc3c3c2cc(-c2ccc4c(c2)nc(-c2ccccc2)c2ccc5c6ccccc6oc5c24)c2ccccc23)cc1. The lowest BCUT2D eigenvalue weighted by Gasteiger charge is -2.17. The maximum Gasteiger partial charge on any atom is 0.144 e. The Balaban J connectivity index is 1.25. The number of pyridine rings is 2. The van der Waals surface area contributed by atoms with E-state index in [1.54, 1.807) is 0 Å². The second kappa shape index (κ2) is 10.8. The highest BCUT2D eigenvalue weighted by molar-refractivity contribution is 6.27. The van der Waals surface area contributed by atoms with Crippen LogP contribution in [-0.2, 0) is 0 Å². The fraction of sp³-hybridized carbons (Fsp3) is 0. The molecule has 11 aromatic rings. The summed E-state index contributed by atoms with van der Waals surface area (Å²) in [5, 5.41) is 11.4. The summed E-state index contributed by atoms with van der Waals surface area (Å²) in [5.41, 5.74) is 10.1. The van der Waals surface area contributed by atoms with Gasteiger partial charge in [0, 0.05) is 54.2 Å². The van der Waals surface area contributed by atoms with Crippen LogP contribution in [-0.4, -0.2) is 9.97 Å². The van der Waals surface area contributed by atoms with Crippen LogP contribution in [0.2, 0.25) is 0 Å². The van der Waals surface area contributed by atoms with Crippen LogP contribution < -0.4 is 0 Å². The minimum atomic E-state index is 0.890. The highest BCUT2D eigenvalue weighted by Crippen LogP contribution is 2.44. The van der Waals surface area contributed by atoms with Crippen molar-refractivity contribution in [3.8, 4) is 33.6 Å². The third-order valence-electron chi connectivity index (χ3n) is 10.4. The van der Waals surface area contributed by atoms with Gasteiger partial charge in [-0.2, -0.15) is 0 Å². The molecular weight excluding hydrogens is 621 g/mol. The smallest absolute Gasteiger partial charge is 0.144 e. The van der Waals surface area contributed by atoms with Crippen LogP contribution in [0.3, 0.4) is 0 Å². The average molecular weight is 649 g/mol. The van der Waals surface area contributed by atoms with Gasteiger partial charge in [0.2, 0.25) is 0 Å². The highest BCUT2D eigenvalue weighted by atomic mass is 16.3. The minimum Gasteiger partial charge on any atom is -0.455 e. The van der Waals surface area contributed by atoms with Crippen LogP contribution in [0.4, 0.5) is 0 Å². The minimum absolute atomic E-state index is 0.890. The Bertz CT molecular complexity index is 3180. The highest BCUT2D eigenvalue weighted by Gasteiger charge is 2.20. The Morgan fingerprint density at radius 1 is 0.333 bits per heavy atom. The van der Waals surface area contributed by atoms with Crippen molar-refractivity contribution in [3.63, 3.8) is 0 Å². The Kier molecular flexibility index (Phi) is 5.96.